The fourth-order valence-corrected chi connectivity index (χ4v) is 0.711. The maximum Gasteiger partial charge on any atom is 0.0946 e. The summed E-state index contributed by atoms with van der Waals surface area (Å²) in [5.74, 6) is 0. The molecule has 0 aliphatic rings. The topological polar surface area (TPSA) is 23.1 Å². The van der Waals surface area contributed by atoms with Gasteiger partial charge in [0.15, 0.2) is 0 Å². The van der Waals surface area contributed by atoms with E-state index in [4.69, 9.17) is 23.2 Å². The summed E-state index contributed by atoms with van der Waals surface area (Å²) < 4.78 is 9.56. The highest BCUT2D eigenvalue weighted by molar-refractivity contribution is 7.89. The van der Waals surface area contributed by atoms with E-state index in [-0.39, 0.29) is 0 Å². The summed E-state index contributed by atoms with van der Waals surface area (Å²) in [6, 6.07) is 7.19. The predicted octanol–water partition coefficient (Wildman–Crippen LogP) is 2.99. The Hall–Kier alpha value is 0.110. The number of rotatable bonds is 0. The zero-order valence-corrected chi connectivity index (χ0v) is 9.21. The molecule has 0 saturated carbocycles. The van der Waals surface area contributed by atoms with Crippen LogP contribution in [0.3, 0.4) is 0 Å². The van der Waals surface area contributed by atoms with Gasteiger partial charge in [-0.2, -0.15) is 0 Å². The highest BCUT2D eigenvalue weighted by atomic mass is 35.5. The van der Waals surface area contributed by atoms with Gasteiger partial charge in [0, 0.05) is 0 Å². The quantitative estimate of drug-likeness (QED) is 0.622. The lowest BCUT2D eigenvalue weighted by atomic mass is 10.4. The van der Waals surface area contributed by atoms with Crippen molar-refractivity contribution >= 4 is 34.4 Å². The lowest BCUT2D eigenvalue weighted by Gasteiger charge is -1.88. The van der Waals surface area contributed by atoms with Crippen molar-refractivity contribution in [2.75, 3.05) is 12.5 Å². The molecule has 0 N–H and O–H groups in total. The smallest absolute Gasteiger partial charge is 0.0946 e. The molecule has 0 aromatic heterocycles. The van der Waals surface area contributed by atoms with Crippen molar-refractivity contribution in [1.29, 1.82) is 0 Å². The van der Waals surface area contributed by atoms with Crippen LogP contribution >= 0.6 is 23.2 Å². The third kappa shape index (κ3) is 6.80. The molecule has 0 fully saturated rings. The minimum absolute atomic E-state index is 0.606. The number of hydrogen-bond donors (Lipinski definition) is 0. The van der Waals surface area contributed by atoms with Gasteiger partial charge in [0.1, 0.15) is 0 Å². The molecule has 0 unspecified atom stereocenters. The Bertz CT molecular complexity index is 204. The van der Waals surface area contributed by atoms with Crippen LogP contribution < -0.4 is 0 Å². The van der Waals surface area contributed by atoms with Crippen LogP contribution in [0.15, 0.2) is 24.3 Å². The molecule has 12 heavy (non-hydrogen) atoms. The molecular formula is C8H10Cl2OS. The second kappa shape index (κ2) is 6.61. The van der Waals surface area contributed by atoms with Crippen molar-refractivity contribution in [3.8, 4) is 0 Å². The van der Waals surface area contributed by atoms with Gasteiger partial charge >= 0.3 is 0 Å². The molecule has 4 heteroatoms. The molecule has 0 atom stereocenters. The summed E-state index contributed by atoms with van der Waals surface area (Å²) in [6.07, 6.45) is 3.28. The molecule has 0 aliphatic carbocycles. The summed E-state index contributed by atoms with van der Waals surface area (Å²) in [6.45, 7) is 0. The molecule has 1 rings (SSSR count). The highest BCUT2D eigenvalue weighted by Gasteiger charge is 1.89. The van der Waals surface area contributed by atoms with Crippen LogP contribution in [-0.2, 0) is 11.2 Å². The van der Waals surface area contributed by atoms with Gasteiger partial charge in [0.2, 0.25) is 0 Å². The van der Waals surface area contributed by atoms with Crippen LogP contribution in [0, 0.1) is 0 Å². The molecule has 0 heterocycles. The van der Waals surface area contributed by atoms with Crippen LogP contribution in [0.5, 0.6) is 0 Å². The van der Waals surface area contributed by atoms with Crippen molar-refractivity contribution in [3.05, 3.63) is 34.3 Å². The number of hydrogen-bond acceptors (Lipinski definition) is 1. The minimum atomic E-state index is -0.611. The van der Waals surface area contributed by atoms with Gasteiger partial charge in [-0.05, 0) is 12.1 Å². The normalized spacial score (nSPS) is 9.17. The second-order valence-electron chi connectivity index (χ2n) is 2.16. The molecular weight excluding hydrogens is 215 g/mol. The first-order valence-electron chi connectivity index (χ1n) is 3.19. The van der Waals surface area contributed by atoms with Crippen molar-refractivity contribution < 1.29 is 4.55 Å². The zero-order valence-electron chi connectivity index (χ0n) is 6.88. The zero-order chi connectivity index (χ0) is 9.56. The standard InChI is InChI=1S/C6H4Cl2.C2H6OS/c7-5-3-1-2-4-6(5)8;1-4(2)3/h1-4H;1-2H3. The van der Waals surface area contributed by atoms with Crippen LogP contribution in [0.4, 0.5) is 0 Å². The fourth-order valence-electron chi connectivity index (χ4n) is 0.439. The Morgan fingerprint density at radius 1 is 1.08 bits per heavy atom. The van der Waals surface area contributed by atoms with E-state index in [2.05, 4.69) is 0 Å². The minimum Gasteiger partial charge on any atom is -0.617 e. The monoisotopic (exact) mass is 224 g/mol. The van der Waals surface area contributed by atoms with E-state index < -0.39 is 11.2 Å². The van der Waals surface area contributed by atoms with Gasteiger partial charge in [-0.25, -0.2) is 0 Å². The van der Waals surface area contributed by atoms with Gasteiger partial charge in [0.05, 0.1) is 22.6 Å². The Labute approximate surface area is 85.9 Å². The fraction of sp³-hybridized carbons (Fsp3) is 0.250. The Morgan fingerprint density at radius 2 is 1.33 bits per heavy atom. The molecule has 0 amide bonds. The Balaban J connectivity index is 0.000000261. The summed E-state index contributed by atoms with van der Waals surface area (Å²) in [4.78, 5) is 0. The van der Waals surface area contributed by atoms with Crippen molar-refractivity contribution in [2.45, 2.75) is 0 Å². The molecule has 0 aliphatic heterocycles. The Kier molecular flexibility index (Phi) is 6.67. The molecule has 0 spiro atoms. The lowest BCUT2D eigenvalue weighted by molar-refractivity contribution is 0.606. The van der Waals surface area contributed by atoms with E-state index in [0.717, 1.165) is 0 Å². The van der Waals surface area contributed by atoms with E-state index in [1.807, 2.05) is 12.1 Å². The van der Waals surface area contributed by atoms with Crippen molar-refractivity contribution in [3.63, 3.8) is 0 Å². The van der Waals surface area contributed by atoms with E-state index in [0.29, 0.717) is 10.0 Å². The SMILES string of the molecule is C[S+](C)[O-].Clc1ccccc1Cl. The first-order valence-corrected chi connectivity index (χ1v) is 5.91. The molecule has 68 valence electrons. The number of halogens is 2. The average Bonchev–Trinajstić information content (AvgIpc) is 1.94. The van der Waals surface area contributed by atoms with Gasteiger partial charge in [0.25, 0.3) is 0 Å². The first kappa shape index (κ1) is 12.1. The summed E-state index contributed by atoms with van der Waals surface area (Å²) in [7, 11) is 0. The summed E-state index contributed by atoms with van der Waals surface area (Å²) in [5.41, 5.74) is 0. The molecule has 1 aromatic carbocycles. The second-order valence-corrected chi connectivity index (χ2v) is 4.45. The highest BCUT2D eigenvalue weighted by Crippen LogP contribution is 2.19. The third-order valence-electron chi connectivity index (χ3n) is 0.824. The maximum atomic E-state index is 9.56. The van der Waals surface area contributed by atoms with Crippen LogP contribution in [0.1, 0.15) is 0 Å². The van der Waals surface area contributed by atoms with E-state index in [1.54, 1.807) is 24.6 Å². The molecule has 1 aromatic rings. The van der Waals surface area contributed by atoms with Gasteiger partial charge in [-0.1, -0.05) is 46.5 Å². The number of benzene rings is 1. The van der Waals surface area contributed by atoms with Gasteiger partial charge in [-0.15, -0.1) is 0 Å². The van der Waals surface area contributed by atoms with E-state index >= 15 is 0 Å². The lowest BCUT2D eigenvalue weighted by Crippen LogP contribution is -1.86. The predicted molar refractivity (Wildman–Crippen MR) is 56.5 cm³/mol. The first-order chi connectivity index (χ1) is 5.54. The largest absolute Gasteiger partial charge is 0.617 e. The van der Waals surface area contributed by atoms with Crippen molar-refractivity contribution in [2.24, 2.45) is 0 Å². The molecule has 0 bridgehead atoms. The van der Waals surface area contributed by atoms with E-state index in [1.165, 1.54) is 0 Å². The van der Waals surface area contributed by atoms with E-state index in [9.17, 15) is 4.55 Å². The van der Waals surface area contributed by atoms with Crippen LogP contribution in [-0.4, -0.2) is 17.1 Å². The van der Waals surface area contributed by atoms with Gasteiger partial charge < -0.3 is 4.55 Å². The van der Waals surface area contributed by atoms with Crippen LogP contribution in [0.25, 0.3) is 0 Å². The van der Waals surface area contributed by atoms with Crippen molar-refractivity contribution in [1.82, 2.24) is 0 Å². The Morgan fingerprint density at radius 3 is 1.50 bits per heavy atom. The molecule has 1 nitrogen and oxygen atoms in total. The summed E-state index contributed by atoms with van der Waals surface area (Å²) >= 11 is 10.5. The average molecular weight is 225 g/mol. The molecule has 0 radical (unpaired) electrons. The maximum absolute atomic E-state index is 9.56. The van der Waals surface area contributed by atoms with Gasteiger partial charge in [-0.3, -0.25) is 0 Å². The summed E-state index contributed by atoms with van der Waals surface area (Å²) in [5, 5.41) is 1.21. The van der Waals surface area contributed by atoms with Crippen LogP contribution in [0.2, 0.25) is 10.0 Å². The molecule has 0 saturated heterocycles. The third-order valence-corrected chi connectivity index (χ3v) is 1.58.